The Labute approximate surface area is 104 Å². The Bertz CT molecular complexity index is 468. The van der Waals surface area contributed by atoms with Gasteiger partial charge in [-0.15, -0.1) is 0 Å². The van der Waals surface area contributed by atoms with Crippen molar-refractivity contribution >= 4 is 17.5 Å². The molecular weight excluding hydrogens is 240 g/mol. The lowest BCUT2D eigenvalue weighted by atomic mass is 10.2. The average molecular weight is 253 g/mol. The van der Waals surface area contributed by atoms with Crippen LogP contribution in [0.1, 0.15) is 10.4 Å². The van der Waals surface area contributed by atoms with Crippen molar-refractivity contribution in [1.29, 1.82) is 0 Å². The van der Waals surface area contributed by atoms with Gasteiger partial charge < -0.3 is 15.7 Å². The first-order chi connectivity index (χ1) is 8.16. The molecule has 1 heterocycles. The minimum absolute atomic E-state index is 0.0704. The van der Waals surface area contributed by atoms with Crippen LogP contribution in [0.15, 0.2) is 18.2 Å². The number of carbonyl (C=O) groups is 1. The van der Waals surface area contributed by atoms with Gasteiger partial charge in [-0.3, -0.25) is 4.79 Å². The van der Waals surface area contributed by atoms with Gasteiger partial charge in [-0.05, 0) is 30.0 Å². The molecule has 2 atom stereocenters. The lowest BCUT2D eigenvalue weighted by Gasteiger charge is -2.09. The molecule has 1 aromatic rings. The van der Waals surface area contributed by atoms with E-state index in [0.29, 0.717) is 16.9 Å². The molecular formula is C12H13ClN2O2. The maximum absolute atomic E-state index is 11.9. The molecule has 1 aromatic carbocycles. The number of nitrogens with one attached hydrogen (secondary N) is 2. The number of piperidine rings is 1. The van der Waals surface area contributed by atoms with Crippen LogP contribution in [0.5, 0.6) is 5.75 Å². The highest BCUT2D eigenvalue weighted by atomic mass is 35.5. The highest BCUT2D eigenvalue weighted by Gasteiger charge is 2.53. The van der Waals surface area contributed by atoms with E-state index < -0.39 is 0 Å². The Morgan fingerprint density at radius 1 is 1.41 bits per heavy atom. The minimum atomic E-state index is -0.224. The van der Waals surface area contributed by atoms with Gasteiger partial charge >= 0.3 is 0 Å². The van der Waals surface area contributed by atoms with Crippen LogP contribution >= 0.6 is 11.6 Å². The van der Waals surface area contributed by atoms with E-state index >= 15 is 0 Å². The highest BCUT2D eigenvalue weighted by molar-refractivity contribution is 6.30. The lowest BCUT2D eigenvalue weighted by Crippen LogP contribution is -2.32. The van der Waals surface area contributed by atoms with E-state index in [1.165, 1.54) is 6.07 Å². The van der Waals surface area contributed by atoms with E-state index in [4.69, 9.17) is 11.6 Å². The maximum atomic E-state index is 11.9. The first-order valence-electron chi connectivity index (χ1n) is 5.67. The predicted molar refractivity (Wildman–Crippen MR) is 64.2 cm³/mol. The second kappa shape index (κ2) is 3.89. The summed E-state index contributed by atoms with van der Waals surface area (Å²) in [4.78, 5) is 11.9. The van der Waals surface area contributed by atoms with Crippen molar-refractivity contribution in [3.63, 3.8) is 0 Å². The smallest absolute Gasteiger partial charge is 0.255 e. The Morgan fingerprint density at radius 3 is 2.76 bits per heavy atom. The molecule has 0 bridgehead atoms. The molecule has 2 unspecified atom stereocenters. The van der Waals surface area contributed by atoms with Crippen LogP contribution in [0, 0.1) is 11.8 Å². The molecule has 5 heteroatoms. The number of carbonyl (C=O) groups excluding carboxylic acids is 1. The lowest BCUT2D eigenvalue weighted by molar-refractivity contribution is 0.0944. The summed E-state index contributed by atoms with van der Waals surface area (Å²) in [6, 6.07) is 4.79. The quantitative estimate of drug-likeness (QED) is 0.736. The number of aromatic hydroxyl groups is 1. The number of benzene rings is 1. The van der Waals surface area contributed by atoms with Gasteiger partial charge in [0.05, 0.1) is 5.56 Å². The second-order valence-electron chi connectivity index (χ2n) is 4.65. The van der Waals surface area contributed by atoms with Gasteiger partial charge in [0, 0.05) is 24.2 Å². The SMILES string of the molecule is O=C(NC1C2CNCC21)c1ccc(Cl)cc1O. The molecule has 90 valence electrons. The molecule has 1 aliphatic heterocycles. The van der Waals surface area contributed by atoms with Crippen molar-refractivity contribution in [2.45, 2.75) is 6.04 Å². The molecule has 1 amide bonds. The number of fused-ring (bicyclic) bond motifs is 1. The standard InChI is InChI=1S/C12H13ClN2O2/c13-6-1-2-7(10(16)3-6)12(17)15-11-8-4-14-5-9(8)11/h1-3,8-9,11,14,16H,4-5H2,(H,15,17). The van der Waals surface area contributed by atoms with Crippen LogP contribution in [0.2, 0.25) is 5.02 Å². The van der Waals surface area contributed by atoms with Crippen molar-refractivity contribution in [3.8, 4) is 5.75 Å². The van der Waals surface area contributed by atoms with Crippen LogP contribution in [0.3, 0.4) is 0 Å². The predicted octanol–water partition coefficient (Wildman–Crippen LogP) is 0.993. The minimum Gasteiger partial charge on any atom is -0.507 e. The zero-order valence-electron chi connectivity index (χ0n) is 9.11. The van der Waals surface area contributed by atoms with Gasteiger partial charge in [-0.25, -0.2) is 0 Å². The molecule has 1 saturated heterocycles. The van der Waals surface area contributed by atoms with E-state index in [1.54, 1.807) is 12.1 Å². The van der Waals surface area contributed by atoms with E-state index in [-0.39, 0.29) is 23.3 Å². The molecule has 1 saturated carbocycles. The van der Waals surface area contributed by atoms with Gasteiger partial charge in [-0.2, -0.15) is 0 Å². The maximum Gasteiger partial charge on any atom is 0.255 e. The van der Waals surface area contributed by atoms with Crippen molar-refractivity contribution in [3.05, 3.63) is 28.8 Å². The van der Waals surface area contributed by atoms with E-state index in [9.17, 15) is 9.90 Å². The summed E-state index contributed by atoms with van der Waals surface area (Å²) in [6.45, 7) is 1.95. The van der Waals surface area contributed by atoms with Gasteiger partial charge in [-0.1, -0.05) is 11.6 Å². The third-order valence-corrected chi connectivity index (χ3v) is 3.83. The van der Waals surface area contributed by atoms with Gasteiger partial charge in [0.25, 0.3) is 5.91 Å². The first-order valence-corrected chi connectivity index (χ1v) is 6.04. The summed E-state index contributed by atoms with van der Waals surface area (Å²) < 4.78 is 0. The van der Waals surface area contributed by atoms with E-state index in [0.717, 1.165) is 13.1 Å². The van der Waals surface area contributed by atoms with Crippen LogP contribution in [-0.2, 0) is 0 Å². The highest BCUT2D eigenvalue weighted by Crippen LogP contribution is 2.41. The van der Waals surface area contributed by atoms with Crippen molar-refractivity contribution < 1.29 is 9.90 Å². The Hall–Kier alpha value is -1.26. The summed E-state index contributed by atoms with van der Waals surface area (Å²) in [5.41, 5.74) is 0.285. The number of hydrogen-bond donors (Lipinski definition) is 3. The van der Waals surface area contributed by atoms with Crippen LogP contribution < -0.4 is 10.6 Å². The molecule has 3 rings (SSSR count). The van der Waals surface area contributed by atoms with E-state index in [2.05, 4.69) is 10.6 Å². The van der Waals surface area contributed by atoms with Crippen LogP contribution in [0.4, 0.5) is 0 Å². The molecule has 0 aromatic heterocycles. The summed E-state index contributed by atoms with van der Waals surface area (Å²) >= 11 is 5.72. The van der Waals surface area contributed by atoms with Gasteiger partial charge in [0.2, 0.25) is 0 Å². The fourth-order valence-corrected chi connectivity index (χ4v) is 2.72. The zero-order valence-corrected chi connectivity index (χ0v) is 9.87. The summed E-state index contributed by atoms with van der Waals surface area (Å²) in [7, 11) is 0. The van der Waals surface area contributed by atoms with Gasteiger partial charge in [0.15, 0.2) is 0 Å². The normalized spacial score (nSPS) is 29.8. The monoisotopic (exact) mass is 252 g/mol. The Morgan fingerprint density at radius 2 is 2.12 bits per heavy atom. The largest absolute Gasteiger partial charge is 0.507 e. The second-order valence-corrected chi connectivity index (χ2v) is 5.08. The Kier molecular flexibility index (Phi) is 2.49. The summed E-state index contributed by atoms with van der Waals surface area (Å²) in [5, 5.41) is 16.3. The van der Waals surface area contributed by atoms with E-state index in [1.807, 2.05) is 0 Å². The fraction of sp³-hybridized carbons (Fsp3) is 0.417. The molecule has 2 fully saturated rings. The number of halogens is 1. The molecule has 3 N–H and O–H groups in total. The third-order valence-electron chi connectivity index (χ3n) is 3.59. The van der Waals surface area contributed by atoms with Crippen molar-refractivity contribution in [2.75, 3.05) is 13.1 Å². The zero-order chi connectivity index (χ0) is 12.0. The number of phenols is 1. The van der Waals surface area contributed by atoms with Crippen molar-refractivity contribution in [1.82, 2.24) is 10.6 Å². The molecule has 4 nitrogen and oxygen atoms in total. The molecule has 1 aliphatic carbocycles. The fourth-order valence-electron chi connectivity index (χ4n) is 2.56. The molecule has 0 spiro atoms. The number of amides is 1. The third kappa shape index (κ3) is 1.87. The van der Waals surface area contributed by atoms with Crippen molar-refractivity contribution in [2.24, 2.45) is 11.8 Å². The molecule has 2 aliphatic rings. The summed E-state index contributed by atoms with van der Waals surface area (Å²) in [6.07, 6.45) is 0. The average Bonchev–Trinajstić information content (AvgIpc) is 2.74. The number of rotatable bonds is 2. The van der Waals surface area contributed by atoms with Gasteiger partial charge in [0.1, 0.15) is 5.75 Å². The number of phenolic OH excluding ortho intramolecular Hbond substituents is 1. The molecule has 0 radical (unpaired) electrons. The number of hydrogen-bond acceptors (Lipinski definition) is 3. The first kappa shape index (κ1) is 10.9. The molecule has 17 heavy (non-hydrogen) atoms. The summed E-state index contributed by atoms with van der Waals surface area (Å²) in [5.74, 6) is 0.833. The van der Waals surface area contributed by atoms with Crippen LogP contribution in [0.25, 0.3) is 0 Å². The van der Waals surface area contributed by atoms with Crippen LogP contribution in [-0.4, -0.2) is 30.1 Å². The Balaban J connectivity index is 1.70. The topological polar surface area (TPSA) is 61.4 Å².